The molecule has 0 fully saturated rings. The van der Waals surface area contributed by atoms with Gasteiger partial charge in [0.05, 0.1) is 0 Å². The SMILES string of the molecule is c1ccc(-c2nc(-c3cccc4ccccc34)nc(-c3cccc4c(-c5cccc6ccccc56)cccc34)n2)cc1. The second-order valence-corrected chi connectivity index (χ2v) is 10.4. The molecule has 3 nitrogen and oxygen atoms in total. The Labute approximate surface area is 243 Å². The number of hydrogen-bond donors (Lipinski definition) is 0. The third-order valence-corrected chi connectivity index (χ3v) is 7.94. The zero-order valence-corrected chi connectivity index (χ0v) is 22.8. The number of nitrogens with zero attached hydrogens (tertiary/aromatic N) is 3. The molecule has 0 radical (unpaired) electrons. The molecule has 8 aromatic rings. The standard InChI is InChI=1S/C39H25N3/c1-2-14-28(15-3-1)37-40-38(35-24-9-17-27-13-5-7-19-30(27)35)42-39(41-37)36-25-11-22-33-32(21-10-23-34(33)36)31-20-8-16-26-12-4-6-18-29(26)31/h1-25H. The lowest BCUT2D eigenvalue weighted by Crippen LogP contribution is -2.01. The largest absolute Gasteiger partial charge is 0.208 e. The Morgan fingerprint density at radius 2 is 0.643 bits per heavy atom. The van der Waals surface area contributed by atoms with Crippen molar-refractivity contribution >= 4 is 32.3 Å². The molecule has 0 atom stereocenters. The Morgan fingerprint density at radius 3 is 1.29 bits per heavy atom. The normalized spacial score (nSPS) is 11.3. The topological polar surface area (TPSA) is 38.7 Å². The average molecular weight is 536 g/mol. The van der Waals surface area contributed by atoms with Crippen LogP contribution in [0.4, 0.5) is 0 Å². The number of rotatable bonds is 4. The summed E-state index contributed by atoms with van der Waals surface area (Å²) < 4.78 is 0. The summed E-state index contributed by atoms with van der Waals surface area (Å²) in [4.78, 5) is 15.2. The molecule has 7 aromatic carbocycles. The van der Waals surface area contributed by atoms with Crippen molar-refractivity contribution < 1.29 is 0 Å². The van der Waals surface area contributed by atoms with Crippen LogP contribution >= 0.6 is 0 Å². The minimum atomic E-state index is 0.658. The molecular weight excluding hydrogens is 510 g/mol. The Bertz CT molecular complexity index is 2240. The minimum Gasteiger partial charge on any atom is -0.208 e. The molecule has 0 N–H and O–H groups in total. The molecule has 0 aliphatic heterocycles. The van der Waals surface area contributed by atoms with Gasteiger partial charge in [0.1, 0.15) is 0 Å². The lowest BCUT2D eigenvalue weighted by molar-refractivity contribution is 1.08. The van der Waals surface area contributed by atoms with Crippen LogP contribution in [0.25, 0.3) is 77.6 Å². The van der Waals surface area contributed by atoms with E-state index >= 15 is 0 Å². The first kappa shape index (κ1) is 24.2. The summed E-state index contributed by atoms with van der Waals surface area (Å²) in [7, 11) is 0. The van der Waals surface area contributed by atoms with Crippen LogP contribution in [0.15, 0.2) is 152 Å². The smallest absolute Gasteiger partial charge is 0.164 e. The van der Waals surface area contributed by atoms with Crippen molar-refractivity contribution in [3.63, 3.8) is 0 Å². The van der Waals surface area contributed by atoms with E-state index < -0.39 is 0 Å². The number of hydrogen-bond acceptors (Lipinski definition) is 3. The molecule has 0 aliphatic rings. The summed E-state index contributed by atoms with van der Waals surface area (Å²) >= 11 is 0. The van der Waals surface area contributed by atoms with Crippen LogP contribution in [0.1, 0.15) is 0 Å². The number of benzene rings is 7. The van der Waals surface area contributed by atoms with Crippen molar-refractivity contribution in [3.05, 3.63) is 152 Å². The first-order valence-electron chi connectivity index (χ1n) is 14.1. The molecular formula is C39H25N3. The van der Waals surface area contributed by atoms with Crippen LogP contribution in [0.3, 0.4) is 0 Å². The Morgan fingerprint density at radius 1 is 0.262 bits per heavy atom. The van der Waals surface area contributed by atoms with Gasteiger partial charge >= 0.3 is 0 Å². The van der Waals surface area contributed by atoms with Crippen molar-refractivity contribution in [2.75, 3.05) is 0 Å². The number of aromatic nitrogens is 3. The van der Waals surface area contributed by atoms with E-state index in [-0.39, 0.29) is 0 Å². The highest BCUT2D eigenvalue weighted by molar-refractivity contribution is 6.08. The molecule has 196 valence electrons. The molecule has 0 bridgehead atoms. The monoisotopic (exact) mass is 535 g/mol. The van der Waals surface area contributed by atoms with Gasteiger partial charge in [0.25, 0.3) is 0 Å². The van der Waals surface area contributed by atoms with Crippen LogP contribution in [-0.4, -0.2) is 15.0 Å². The molecule has 1 aromatic heterocycles. The maximum atomic E-state index is 5.13. The van der Waals surface area contributed by atoms with Gasteiger partial charge in [-0.25, -0.2) is 15.0 Å². The van der Waals surface area contributed by atoms with Crippen molar-refractivity contribution in [2.24, 2.45) is 0 Å². The van der Waals surface area contributed by atoms with E-state index in [0.717, 1.165) is 32.8 Å². The number of fused-ring (bicyclic) bond motifs is 3. The maximum Gasteiger partial charge on any atom is 0.164 e. The van der Waals surface area contributed by atoms with E-state index in [4.69, 9.17) is 15.0 Å². The van der Waals surface area contributed by atoms with Crippen LogP contribution in [0, 0.1) is 0 Å². The van der Waals surface area contributed by atoms with Gasteiger partial charge in [-0.2, -0.15) is 0 Å². The van der Waals surface area contributed by atoms with Gasteiger partial charge in [-0.3, -0.25) is 0 Å². The van der Waals surface area contributed by atoms with E-state index in [1.54, 1.807) is 0 Å². The first-order chi connectivity index (χ1) is 20.8. The Balaban J connectivity index is 1.38. The lowest BCUT2D eigenvalue weighted by atomic mass is 9.92. The molecule has 3 heteroatoms. The van der Waals surface area contributed by atoms with Crippen molar-refractivity contribution in [1.82, 2.24) is 15.0 Å². The molecule has 0 unspecified atom stereocenters. The van der Waals surface area contributed by atoms with Crippen molar-refractivity contribution in [3.8, 4) is 45.3 Å². The van der Waals surface area contributed by atoms with Gasteiger partial charge in [-0.1, -0.05) is 152 Å². The Hall–Kier alpha value is -5.67. The van der Waals surface area contributed by atoms with E-state index in [1.807, 2.05) is 30.3 Å². The molecule has 0 amide bonds. The average Bonchev–Trinajstić information content (AvgIpc) is 3.07. The van der Waals surface area contributed by atoms with Gasteiger partial charge in [0, 0.05) is 16.7 Å². The van der Waals surface area contributed by atoms with E-state index in [1.165, 1.54) is 27.3 Å². The quantitative estimate of drug-likeness (QED) is 0.225. The Kier molecular flexibility index (Phi) is 5.79. The van der Waals surface area contributed by atoms with Gasteiger partial charge in [-0.05, 0) is 43.4 Å². The predicted octanol–water partition coefficient (Wildman–Crippen LogP) is 10.00. The zero-order valence-electron chi connectivity index (χ0n) is 22.8. The molecule has 42 heavy (non-hydrogen) atoms. The highest BCUT2D eigenvalue weighted by Gasteiger charge is 2.17. The van der Waals surface area contributed by atoms with Crippen LogP contribution < -0.4 is 0 Å². The maximum absolute atomic E-state index is 5.13. The van der Waals surface area contributed by atoms with Gasteiger partial charge in [0.15, 0.2) is 17.5 Å². The van der Waals surface area contributed by atoms with Crippen LogP contribution in [0.5, 0.6) is 0 Å². The highest BCUT2D eigenvalue weighted by Crippen LogP contribution is 2.38. The fraction of sp³-hybridized carbons (Fsp3) is 0. The van der Waals surface area contributed by atoms with Crippen LogP contribution in [-0.2, 0) is 0 Å². The molecule has 8 rings (SSSR count). The summed E-state index contributed by atoms with van der Waals surface area (Å²) in [6.07, 6.45) is 0. The first-order valence-corrected chi connectivity index (χ1v) is 14.1. The van der Waals surface area contributed by atoms with Gasteiger partial charge < -0.3 is 0 Å². The third kappa shape index (κ3) is 4.11. The van der Waals surface area contributed by atoms with Crippen LogP contribution in [0.2, 0.25) is 0 Å². The summed E-state index contributed by atoms with van der Waals surface area (Å²) in [6.45, 7) is 0. The van der Waals surface area contributed by atoms with Gasteiger partial charge in [0.2, 0.25) is 0 Å². The predicted molar refractivity (Wildman–Crippen MR) is 174 cm³/mol. The molecule has 0 saturated carbocycles. The van der Waals surface area contributed by atoms with Crippen molar-refractivity contribution in [1.29, 1.82) is 0 Å². The summed E-state index contributed by atoms with van der Waals surface area (Å²) in [5.41, 5.74) is 5.34. The van der Waals surface area contributed by atoms with E-state index in [9.17, 15) is 0 Å². The molecule has 1 heterocycles. The molecule has 0 spiro atoms. The summed E-state index contributed by atoms with van der Waals surface area (Å²) in [6, 6.07) is 52.8. The second kappa shape index (κ2) is 10.1. The van der Waals surface area contributed by atoms with E-state index in [0.29, 0.717) is 17.5 Å². The second-order valence-electron chi connectivity index (χ2n) is 10.4. The van der Waals surface area contributed by atoms with Crippen molar-refractivity contribution in [2.45, 2.75) is 0 Å². The lowest BCUT2D eigenvalue weighted by Gasteiger charge is -2.14. The fourth-order valence-electron chi connectivity index (χ4n) is 5.95. The van der Waals surface area contributed by atoms with Gasteiger partial charge in [-0.15, -0.1) is 0 Å². The third-order valence-electron chi connectivity index (χ3n) is 7.94. The molecule has 0 saturated heterocycles. The summed E-state index contributed by atoms with van der Waals surface area (Å²) in [5.74, 6) is 1.98. The minimum absolute atomic E-state index is 0.658. The highest BCUT2D eigenvalue weighted by atomic mass is 15.0. The fourth-order valence-corrected chi connectivity index (χ4v) is 5.95. The summed E-state index contributed by atoms with van der Waals surface area (Å²) in [5, 5.41) is 7.02. The van der Waals surface area contributed by atoms with E-state index in [2.05, 4.69) is 121 Å². The zero-order chi connectivity index (χ0) is 27.9. The molecule has 0 aliphatic carbocycles.